The van der Waals surface area contributed by atoms with E-state index >= 15 is 0 Å². The highest BCUT2D eigenvalue weighted by molar-refractivity contribution is 5.96. The van der Waals surface area contributed by atoms with E-state index in [1.807, 2.05) is 62.4 Å². The Balaban J connectivity index is 1.62. The fourth-order valence-corrected chi connectivity index (χ4v) is 3.77. The van der Waals surface area contributed by atoms with Crippen LogP contribution in [0, 0.1) is 13.8 Å². The summed E-state index contributed by atoms with van der Waals surface area (Å²) < 4.78 is 6.01. The summed E-state index contributed by atoms with van der Waals surface area (Å²) in [4.78, 5) is 15.2. The van der Waals surface area contributed by atoms with Crippen molar-refractivity contribution in [2.75, 3.05) is 18.0 Å². The number of nitrogens with one attached hydrogen (secondary N) is 1. The molecule has 1 amide bonds. The lowest BCUT2D eigenvalue weighted by molar-refractivity contribution is 0.0937. The van der Waals surface area contributed by atoms with Crippen LogP contribution in [0.3, 0.4) is 0 Å². The van der Waals surface area contributed by atoms with Crippen LogP contribution in [0.2, 0.25) is 0 Å². The maximum Gasteiger partial charge on any atom is 0.318 e. The standard InChI is InChI=1S/C23H26N4O2/c1-16-11-12-19(17(2)15-16)21(28)24-20(18-9-5-3-6-10-18)22-25-26-23(29-22)27-13-7-4-8-14-27/h3,5-6,9-12,15,20H,4,7-8,13-14H2,1-2H3,(H,24,28). The fraction of sp³-hybridized carbons (Fsp3) is 0.348. The maximum atomic E-state index is 13.0. The van der Waals surface area contributed by atoms with Crippen LogP contribution in [-0.4, -0.2) is 29.2 Å². The van der Waals surface area contributed by atoms with Crippen molar-refractivity contribution in [2.24, 2.45) is 0 Å². The molecule has 2 aromatic carbocycles. The first-order valence-electron chi connectivity index (χ1n) is 10.1. The number of piperidine rings is 1. The molecule has 1 aliphatic heterocycles. The average Bonchev–Trinajstić information content (AvgIpc) is 3.23. The summed E-state index contributed by atoms with van der Waals surface area (Å²) in [7, 11) is 0. The Kier molecular flexibility index (Phi) is 5.60. The normalized spacial score (nSPS) is 15.2. The zero-order chi connectivity index (χ0) is 20.2. The maximum absolute atomic E-state index is 13.0. The molecule has 3 aromatic rings. The van der Waals surface area contributed by atoms with Crippen molar-refractivity contribution in [3.8, 4) is 0 Å². The van der Waals surface area contributed by atoms with Crippen molar-refractivity contribution in [1.82, 2.24) is 15.5 Å². The molecule has 1 atom stereocenters. The molecule has 29 heavy (non-hydrogen) atoms. The molecule has 0 radical (unpaired) electrons. The Morgan fingerprint density at radius 3 is 2.52 bits per heavy atom. The molecule has 1 saturated heterocycles. The summed E-state index contributed by atoms with van der Waals surface area (Å²) >= 11 is 0. The molecule has 6 nitrogen and oxygen atoms in total. The highest BCUT2D eigenvalue weighted by Crippen LogP contribution is 2.26. The zero-order valence-corrected chi connectivity index (χ0v) is 16.9. The van der Waals surface area contributed by atoms with Crippen molar-refractivity contribution < 1.29 is 9.21 Å². The van der Waals surface area contributed by atoms with Gasteiger partial charge in [0.2, 0.25) is 5.89 Å². The van der Waals surface area contributed by atoms with Crippen molar-refractivity contribution in [3.05, 3.63) is 76.7 Å². The predicted octanol–water partition coefficient (Wildman–Crippen LogP) is 4.20. The number of amides is 1. The molecule has 4 rings (SSSR count). The second-order valence-electron chi connectivity index (χ2n) is 7.61. The molecular formula is C23H26N4O2. The Labute approximate surface area is 170 Å². The first-order chi connectivity index (χ1) is 14.1. The predicted molar refractivity (Wildman–Crippen MR) is 112 cm³/mol. The van der Waals surface area contributed by atoms with E-state index in [0.29, 0.717) is 17.5 Å². The summed E-state index contributed by atoms with van der Waals surface area (Å²) in [6, 6.07) is 15.6. The average molecular weight is 390 g/mol. The minimum Gasteiger partial charge on any atom is -0.405 e. The number of carbonyl (C=O) groups is 1. The molecule has 1 N–H and O–H groups in total. The molecular weight excluding hydrogens is 364 g/mol. The van der Waals surface area contributed by atoms with Gasteiger partial charge in [0.15, 0.2) is 0 Å². The molecule has 1 aliphatic rings. The summed E-state index contributed by atoms with van der Waals surface area (Å²) in [5, 5.41) is 11.6. The number of aromatic nitrogens is 2. The SMILES string of the molecule is Cc1ccc(C(=O)NC(c2ccccc2)c2nnc(N3CCCCC3)o2)c(C)c1. The monoisotopic (exact) mass is 390 g/mol. The number of anilines is 1. The lowest BCUT2D eigenvalue weighted by Crippen LogP contribution is -2.30. The van der Waals surface area contributed by atoms with Crippen LogP contribution in [0.4, 0.5) is 6.01 Å². The van der Waals surface area contributed by atoms with Gasteiger partial charge in [-0.25, -0.2) is 0 Å². The summed E-state index contributed by atoms with van der Waals surface area (Å²) in [6.07, 6.45) is 3.49. The van der Waals surface area contributed by atoms with Gasteiger partial charge in [0.25, 0.3) is 5.91 Å². The van der Waals surface area contributed by atoms with Gasteiger partial charge in [-0.2, -0.15) is 0 Å². The minimum atomic E-state index is -0.504. The van der Waals surface area contributed by atoms with E-state index in [1.54, 1.807) is 0 Å². The quantitative estimate of drug-likeness (QED) is 0.707. The molecule has 1 fully saturated rings. The van der Waals surface area contributed by atoms with Crippen molar-refractivity contribution in [2.45, 2.75) is 39.2 Å². The molecule has 2 heterocycles. The van der Waals surface area contributed by atoms with Crippen molar-refractivity contribution in [1.29, 1.82) is 0 Å². The van der Waals surface area contributed by atoms with E-state index in [1.165, 1.54) is 6.42 Å². The van der Waals surface area contributed by atoms with Gasteiger partial charge in [0, 0.05) is 18.7 Å². The first-order valence-corrected chi connectivity index (χ1v) is 10.1. The largest absolute Gasteiger partial charge is 0.405 e. The molecule has 150 valence electrons. The summed E-state index contributed by atoms with van der Waals surface area (Å²) in [5.74, 6) is 0.240. The molecule has 0 spiro atoms. The van der Waals surface area contributed by atoms with E-state index in [-0.39, 0.29) is 5.91 Å². The minimum absolute atomic E-state index is 0.158. The molecule has 6 heteroatoms. The topological polar surface area (TPSA) is 71.3 Å². The van der Waals surface area contributed by atoms with E-state index in [9.17, 15) is 4.79 Å². The second kappa shape index (κ2) is 8.47. The second-order valence-corrected chi connectivity index (χ2v) is 7.61. The third-order valence-electron chi connectivity index (χ3n) is 5.34. The fourth-order valence-electron chi connectivity index (χ4n) is 3.77. The highest BCUT2D eigenvalue weighted by atomic mass is 16.4. The van der Waals surface area contributed by atoms with E-state index in [0.717, 1.165) is 42.6 Å². The van der Waals surface area contributed by atoms with E-state index < -0.39 is 6.04 Å². The Bertz CT molecular complexity index is 978. The number of rotatable bonds is 5. The molecule has 1 unspecified atom stereocenters. The number of hydrogen-bond acceptors (Lipinski definition) is 5. The van der Waals surface area contributed by atoms with Gasteiger partial charge < -0.3 is 14.6 Å². The van der Waals surface area contributed by atoms with Gasteiger partial charge in [0.1, 0.15) is 6.04 Å². The summed E-state index contributed by atoms with van der Waals surface area (Å²) in [5.41, 5.74) is 3.61. The van der Waals surface area contributed by atoms with E-state index in [2.05, 4.69) is 20.4 Å². The van der Waals surface area contributed by atoms with Gasteiger partial charge in [-0.1, -0.05) is 53.1 Å². The van der Waals surface area contributed by atoms with Crippen LogP contribution < -0.4 is 10.2 Å². The number of hydrogen-bond donors (Lipinski definition) is 1. The summed E-state index contributed by atoms with van der Waals surface area (Å²) in [6.45, 7) is 5.81. The number of benzene rings is 2. The lowest BCUT2D eigenvalue weighted by Gasteiger charge is -2.24. The molecule has 1 aromatic heterocycles. The lowest BCUT2D eigenvalue weighted by atomic mass is 10.0. The molecule has 0 bridgehead atoms. The Hall–Kier alpha value is -3.15. The smallest absolute Gasteiger partial charge is 0.318 e. The van der Waals surface area contributed by atoms with Gasteiger partial charge in [-0.3, -0.25) is 4.79 Å². The van der Waals surface area contributed by atoms with Crippen molar-refractivity contribution in [3.63, 3.8) is 0 Å². The number of aryl methyl sites for hydroxylation is 2. The third kappa shape index (κ3) is 4.31. The Morgan fingerprint density at radius 2 is 1.79 bits per heavy atom. The van der Waals surface area contributed by atoms with Crippen molar-refractivity contribution >= 4 is 11.9 Å². The van der Waals surface area contributed by atoms with Crippen LogP contribution in [0.1, 0.15) is 58.2 Å². The number of nitrogens with zero attached hydrogens (tertiary/aromatic N) is 3. The van der Waals surface area contributed by atoms with Gasteiger partial charge in [-0.05, 0) is 50.3 Å². The number of carbonyl (C=O) groups excluding carboxylic acids is 1. The zero-order valence-electron chi connectivity index (χ0n) is 16.9. The van der Waals surface area contributed by atoms with Gasteiger partial charge >= 0.3 is 6.01 Å². The van der Waals surface area contributed by atoms with Gasteiger partial charge in [-0.15, -0.1) is 5.10 Å². The Morgan fingerprint density at radius 1 is 1.03 bits per heavy atom. The van der Waals surface area contributed by atoms with E-state index in [4.69, 9.17) is 4.42 Å². The van der Waals surface area contributed by atoms with Crippen LogP contribution in [0.15, 0.2) is 52.9 Å². The van der Waals surface area contributed by atoms with Gasteiger partial charge in [0.05, 0.1) is 0 Å². The molecule has 0 saturated carbocycles. The third-order valence-corrected chi connectivity index (χ3v) is 5.34. The van der Waals surface area contributed by atoms with Crippen LogP contribution in [0.25, 0.3) is 0 Å². The van der Waals surface area contributed by atoms with Crippen LogP contribution >= 0.6 is 0 Å². The first kappa shape index (κ1) is 19.2. The molecule has 0 aliphatic carbocycles. The van der Waals surface area contributed by atoms with Crippen LogP contribution in [0.5, 0.6) is 0 Å². The highest BCUT2D eigenvalue weighted by Gasteiger charge is 2.26. The van der Waals surface area contributed by atoms with Crippen LogP contribution in [-0.2, 0) is 0 Å².